The number of nitrogens with one attached hydrogen (secondary N) is 2. The Morgan fingerprint density at radius 1 is 1.32 bits per heavy atom. The largest absolute Gasteiger partial charge is 0.361 e. The molecule has 0 bridgehead atoms. The van der Waals surface area contributed by atoms with Gasteiger partial charge < -0.3 is 14.8 Å². The molecule has 25 heavy (non-hydrogen) atoms. The van der Waals surface area contributed by atoms with Crippen molar-refractivity contribution in [2.75, 3.05) is 18.4 Å². The number of halogens is 1. The van der Waals surface area contributed by atoms with Crippen molar-refractivity contribution in [1.29, 1.82) is 0 Å². The van der Waals surface area contributed by atoms with Crippen LogP contribution < -0.4 is 5.32 Å². The van der Waals surface area contributed by atoms with Gasteiger partial charge in [0, 0.05) is 39.6 Å². The van der Waals surface area contributed by atoms with Crippen LogP contribution in [0.25, 0.3) is 21.3 Å². The van der Waals surface area contributed by atoms with Gasteiger partial charge in [0.05, 0.1) is 6.42 Å². The molecule has 0 spiro atoms. The van der Waals surface area contributed by atoms with Gasteiger partial charge in [0.2, 0.25) is 5.89 Å². The van der Waals surface area contributed by atoms with Gasteiger partial charge in [0.25, 0.3) is 5.95 Å². The lowest BCUT2D eigenvalue weighted by Crippen LogP contribution is -2.03. The Kier molecular flexibility index (Phi) is 5.92. The van der Waals surface area contributed by atoms with Crippen LogP contribution in [0, 0.1) is 0 Å². The fourth-order valence-corrected chi connectivity index (χ4v) is 2.96. The van der Waals surface area contributed by atoms with E-state index in [0.717, 1.165) is 46.7 Å². The Morgan fingerprint density at radius 2 is 2.24 bits per heavy atom. The van der Waals surface area contributed by atoms with Gasteiger partial charge in [-0.3, -0.25) is 0 Å². The lowest BCUT2D eigenvalue weighted by Gasteiger charge is -1.99. The van der Waals surface area contributed by atoms with Crippen molar-refractivity contribution in [1.82, 2.24) is 15.1 Å². The minimum atomic E-state index is 0.507. The molecule has 0 aliphatic rings. The van der Waals surface area contributed by atoms with Gasteiger partial charge in [-0.1, -0.05) is 33.5 Å². The standard InChI is InChI=1S/C16H18BrN7O/c17-12-4-5-13-11(10-20-14(13)9-12)8-15-22-16(23-25-15)19-6-2-1-3-7-21-24-18/h4-5,9-10,20H,1-3,6-8H2,(H,19,23). The Hall–Kier alpha value is -2.51. The molecule has 0 aliphatic carbocycles. The quantitative estimate of drug-likeness (QED) is 0.231. The van der Waals surface area contributed by atoms with Crippen molar-refractivity contribution in [2.45, 2.75) is 25.7 Å². The van der Waals surface area contributed by atoms with Crippen LogP contribution >= 0.6 is 15.9 Å². The van der Waals surface area contributed by atoms with Gasteiger partial charge in [-0.2, -0.15) is 4.98 Å². The molecular weight excluding hydrogens is 386 g/mol. The minimum Gasteiger partial charge on any atom is -0.361 e. The topological polar surface area (TPSA) is 116 Å². The molecule has 0 unspecified atom stereocenters. The third-order valence-corrected chi connectivity index (χ3v) is 4.31. The summed E-state index contributed by atoms with van der Waals surface area (Å²) in [7, 11) is 0. The second-order valence-electron chi connectivity index (χ2n) is 5.63. The SMILES string of the molecule is [N-]=[N+]=NCCCCCNc1noc(Cc2c[nH]c3cc(Br)ccc23)n1. The fourth-order valence-electron chi connectivity index (χ4n) is 2.60. The molecule has 2 N–H and O–H groups in total. The van der Waals surface area contributed by atoms with Crippen LogP contribution in [0.3, 0.4) is 0 Å². The molecule has 2 aromatic heterocycles. The summed E-state index contributed by atoms with van der Waals surface area (Å²) in [6, 6.07) is 6.13. The summed E-state index contributed by atoms with van der Waals surface area (Å²) in [4.78, 5) is 10.4. The number of azide groups is 1. The van der Waals surface area contributed by atoms with Crippen LogP contribution in [0.5, 0.6) is 0 Å². The predicted molar refractivity (Wildman–Crippen MR) is 99.5 cm³/mol. The Bertz CT molecular complexity index is 882. The average Bonchev–Trinajstić information content (AvgIpc) is 3.21. The summed E-state index contributed by atoms with van der Waals surface area (Å²) in [6.45, 7) is 1.31. The van der Waals surface area contributed by atoms with E-state index in [9.17, 15) is 0 Å². The number of H-pyrrole nitrogens is 1. The maximum Gasteiger partial charge on any atom is 0.263 e. The highest BCUT2D eigenvalue weighted by Gasteiger charge is 2.10. The maximum atomic E-state index is 8.20. The Morgan fingerprint density at radius 3 is 3.12 bits per heavy atom. The third kappa shape index (κ3) is 4.74. The molecule has 0 saturated heterocycles. The minimum absolute atomic E-state index is 0.507. The molecule has 0 amide bonds. The lowest BCUT2D eigenvalue weighted by atomic mass is 10.1. The number of unbranched alkanes of at least 4 members (excludes halogenated alkanes) is 2. The zero-order valence-corrected chi connectivity index (χ0v) is 15.2. The Labute approximate surface area is 152 Å². The van der Waals surface area contributed by atoms with Crippen LogP contribution in [0.15, 0.2) is 38.5 Å². The van der Waals surface area contributed by atoms with Gasteiger partial charge in [-0.05, 0) is 41.2 Å². The van der Waals surface area contributed by atoms with Crippen LogP contribution in [-0.4, -0.2) is 28.2 Å². The number of aromatic nitrogens is 3. The van der Waals surface area contributed by atoms with Crippen molar-refractivity contribution in [3.8, 4) is 0 Å². The average molecular weight is 404 g/mol. The molecule has 3 rings (SSSR count). The number of hydrogen-bond acceptors (Lipinski definition) is 5. The highest BCUT2D eigenvalue weighted by atomic mass is 79.9. The molecule has 0 atom stereocenters. The van der Waals surface area contributed by atoms with E-state index in [4.69, 9.17) is 10.1 Å². The molecule has 9 heteroatoms. The van der Waals surface area contributed by atoms with Crippen molar-refractivity contribution in [3.05, 3.63) is 50.8 Å². The number of fused-ring (bicyclic) bond motifs is 1. The number of anilines is 1. The van der Waals surface area contributed by atoms with Crippen molar-refractivity contribution < 1.29 is 4.52 Å². The first-order valence-corrected chi connectivity index (χ1v) is 8.88. The first-order valence-electron chi connectivity index (χ1n) is 8.09. The van der Waals surface area contributed by atoms with E-state index in [-0.39, 0.29) is 0 Å². The van der Waals surface area contributed by atoms with Crippen LogP contribution in [0.1, 0.15) is 30.7 Å². The second kappa shape index (κ2) is 8.55. The molecular formula is C16H18BrN7O. The zero-order valence-electron chi connectivity index (χ0n) is 13.6. The first-order chi connectivity index (χ1) is 12.3. The summed E-state index contributed by atoms with van der Waals surface area (Å²) in [6.07, 6.45) is 5.39. The monoisotopic (exact) mass is 403 g/mol. The molecule has 0 saturated carbocycles. The second-order valence-corrected chi connectivity index (χ2v) is 6.55. The number of hydrogen-bond donors (Lipinski definition) is 2. The summed E-state index contributed by atoms with van der Waals surface area (Å²) < 4.78 is 6.36. The number of rotatable bonds is 9. The van der Waals surface area contributed by atoms with Gasteiger partial charge in [0.15, 0.2) is 0 Å². The third-order valence-electron chi connectivity index (χ3n) is 3.82. The normalized spacial score (nSPS) is 10.8. The van der Waals surface area contributed by atoms with E-state index >= 15 is 0 Å². The van der Waals surface area contributed by atoms with Crippen molar-refractivity contribution in [2.24, 2.45) is 5.11 Å². The van der Waals surface area contributed by atoms with E-state index < -0.39 is 0 Å². The number of nitrogens with zero attached hydrogens (tertiary/aromatic N) is 5. The highest BCUT2D eigenvalue weighted by molar-refractivity contribution is 9.10. The van der Waals surface area contributed by atoms with Gasteiger partial charge >= 0.3 is 0 Å². The number of benzene rings is 1. The zero-order chi connectivity index (χ0) is 17.5. The molecule has 8 nitrogen and oxygen atoms in total. The van der Waals surface area contributed by atoms with Crippen LogP contribution in [0.4, 0.5) is 5.95 Å². The van der Waals surface area contributed by atoms with Gasteiger partial charge in [-0.15, -0.1) is 0 Å². The van der Waals surface area contributed by atoms with E-state index in [1.54, 1.807) is 0 Å². The van der Waals surface area contributed by atoms with E-state index in [1.165, 1.54) is 0 Å². The fraction of sp³-hybridized carbons (Fsp3) is 0.375. The van der Waals surface area contributed by atoms with Crippen molar-refractivity contribution in [3.63, 3.8) is 0 Å². The van der Waals surface area contributed by atoms with Crippen LogP contribution in [0.2, 0.25) is 0 Å². The first kappa shape index (κ1) is 17.3. The highest BCUT2D eigenvalue weighted by Crippen LogP contribution is 2.24. The smallest absolute Gasteiger partial charge is 0.263 e. The summed E-state index contributed by atoms with van der Waals surface area (Å²) in [5.74, 6) is 1.09. The molecule has 130 valence electrons. The molecule has 1 aromatic carbocycles. The Balaban J connectivity index is 1.50. The molecule has 0 radical (unpaired) electrons. The molecule has 0 fully saturated rings. The predicted octanol–water partition coefficient (Wildman–Crippen LogP) is 4.80. The van der Waals surface area contributed by atoms with E-state index in [2.05, 4.69) is 52.5 Å². The van der Waals surface area contributed by atoms with Gasteiger partial charge in [-0.25, -0.2) is 0 Å². The lowest BCUT2D eigenvalue weighted by molar-refractivity contribution is 0.386. The summed E-state index contributed by atoms with van der Waals surface area (Å²) >= 11 is 3.47. The van der Waals surface area contributed by atoms with Gasteiger partial charge in [0.1, 0.15) is 0 Å². The van der Waals surface area contributed by atoms with E-state index in [0.29, 0.717) is 24.8 Å². The molecule has 0 aliphatic heterocycles. The van der Waals surface area contributed by atoms with E-state index in [1.807, 2.05) is 18.3 Å². The van der Waals surface area contributed by atoms with Crippen molar-refractivity contribution >= 4 is 32.8 Å². The molecule has 3 aromatic rings. The van der Waals surface area contributed by atoms with Crippen LogP contribution in [-0.2, 0) is 6.42 Å². The molecule has 2 heterocycles. The summed E-state index contributed by atoms with van der Waals surface area (Å²) in [5.41, 5.74) is 10.4. The number of aromatic amines is 1. The summed E-state index contributed by atoms with van der Waals surface area (Å²) in [5, 5.41) is 11.8. The maximum absolute atomic E-state index is 8.20.